The minimum Gasteiger partial charge on any atom is -0.354 e. The van der Waals surface area contributed by atoms with E-state index in [4.69, 9.17) is 0 Å². The van der Waals surface area contributed by atoms with Crippen LogP contribution in [0.15, 0.2) is 30.3 Å². The number of para-hydroxylation sites is 1. The first kappa shape index (κ1) is 8.55. The van der Waals surface area contributed by atoms with Crippen LogP contribution in [0.4, 0.5) is 5.69 Å². The van der Waals surface area contributed by atoms with Gasteiger partial charge in [-0.05, 0) is 33.5 Å². The lowest BCUT2D eigenvalue weighted by molar-refractivity contribution is 1.34. The molecule has 0 spiro atoms. The normalized spacial score (nSPS) is 10.2. The van der Waals surface area contributed by atoms with Crippen LogP contribution in [-0.4, -0.2) is 20.4 Å². The van der Waals surface area contributed by atoms with Gasteiger partial charge in [-0.15, -0.1) is 0 Å². The van der Waals surface area contributed by atoms with Gasteiger partial charge in [0.05, 0.1) is 0 Å². The van der Waals surface area contributed by atoms with Gasteiger partial charge in [0.1, 0.15) is 0 Å². The van der Waals surface area contributed by atoms with E-state index in [0.29, 0.717) is 0 Å². The van der Waals surface area contributed by atoms with E-state index < -0.39 is 0 Å². The van der Waals surface area contributed by atoms with Gasteiger partial charge in [0.2, 0.25) is 0 Å². The van der Waals surface area contributed by atoms with Crippen LogP contribution in [-0.2, 0) is 0 Å². The Morgan fingerprint density at radius 1 is 1.09 bits per heavy atom. The molecule has 0 fully saturated rings. The average molecular weight is 167 g/mol. The van der Waals surface area contributed by atoms with Crippen molar-refractivity contribution in [3.05, 3.63) is 30.3 Å². The third kappa shape index (κ3) is 2.20. The Morgan fingerprint density at radius 3 is 2.09 bits per heavy atom. The summed E-state index contributed by atoms with van der Waals surface area (Å²) in [5, 5.41) is 0. The average Bonchev–Trinajstić information content (AvgIpc) is 2.05. The number of anilines is 1. The van der Waals surface area contributed by atoms with E-state index in [1.54, 1.807) is 0 Å². The topological polar surface area (TPSA) is 3.24 Å². The maximum atomic E-state index is 2.31. The van der Waals surface area contributed by atoms with E-state index in [1.807, 2.05) is 6.07 Å². The monoisotopic (exact) mass is 167 g/mol. The molecule has 1 rings (SSSR count). The summed E-state index contributed by atoms with van der Waals surface area (Å²) >= 11 is 0. The minimum atomic E-state index is -0.00463. The number of hydrogen-bond acceptors (Lipinski definition) is 1. The summed E-state index contributed by atoms with van der Waals surface area (Å²) < 4.78 is 2.31. The van der Waals surface area contributed by atoms with E-state index >= 15 is 0 Å². The highest BCUT2D eigenvalue weighted by atomic mass is 31.1. The first-order valence-corrected chi connectivity index (χ1v) is 5.86. The van der Waals surface area contributed by atoms with E-state index in [-0.39, 0.29) is 8.07 Å². The molecular formula is C9H14NP. The van der Waals surface area contributed by atoms with E-state index in [1.165, 1.54) is 5.69 Å². The van der Waals surface area contributed by atoms with Crippen LogP contribution in [0.25, 0.3) is 0 Å². The first-order chi connectivity index (χ1) is 5.22. The molecule has 0 N–H and O–H groups in total. The fourth-order valence-corrected chi connectivity index (χ4v) is 1.47. The summed E-state index contributed by atoms with van der Waals surface area (Å²) in [5.74, 6) is 0. The molecule has 1 aromatic carbocycles. The van der Waals surface area contributed by atoms with Gasteiger partial charge in [-0.2, -0.15) is 0 Å². The molecule has 0 heterocycles. The lowest BCUT2D eigenvalue weighted by Gasteiger charge is -2.23. The summed E-state index contributed by atoms with van der Waals surface area (Å²) in [4.78, 5) is 0. The zero-order valence-corrected chi connectivity index (χ0v) is 8.18. The molecule has 11 heavy (non-hydrogen) atoms. The van der Waals surface area contributed by atoms with Gasteiger partial charge in [-0.3, -0.25) is 0 Å². The van der Waals surface area contributed by atoms with Crippen LogP contribution in [0.1, 0.15) is 0 Å². The summed E-state index contributed by atoms with van der Waals surface area (Å²) in [5.41, 5.74) is 1.31. The van der Waals surface area contributed by atoms with Gasteiger partial charge < -0.3 is 4.67 Å². The zero-order chi connectivity index (χ0) is 8.27. The van der Waals surface area contributed by atoms with Gasteiger partial charge in [-0.25, -0.2) is 0 Å². The van der Waals surface area contributed by atoms with E-state index in [2.05, 4.69) is 49.3 Å². The summed E-state index contributed by atoms with van der Waals surface area (Å²) in [6, 6.07) is 10.5. The lowest BCUT2D eigenvalue weighted by atomic mass is 10.3. The molecule has 60 valence electrons. The summed E-state index contributed by atoms with van der Waals surface area (Å²) in [6.45, 7) is 4.50. The Morgan fingerprint density at radius 2 is 1.64 bits per heavy atom. The van der Waals surface area contributed by atoms with Crippen molar-refractivity contribution in [3.8, 4) is 0 Å². The molecule has 2 heteroatoms. The molecule has 0 amide bonds. The van der Waals surface area contributed by atoms with E-state index in [9.17, 15) is 0 Å². The second kappa shape index (κ2) is 3.73. The highest BCUT2D eigenvalue weighted by molar-refractivity contribution is 7.57. The molecule has 1 aromatic rings. The quantitative estimate of drug-likeness (QED) is 0.612. The Labute approximate surface area is 69.8 Å². The van der Waals surface area contributed by atoms with Gasteiger partial charge in [0.25, 0.3) is 0 Å². The summed E-state index contributed by atoms with van der Waals surface area (Å²) in [7, 11) is 2.14. The van der Waals surface area contributed by atoms with Gasteiger partial charge >= 0.3 is 0 Å². The molecule has 0 aromatic heterocycles. The molecule has 0 atom stereocenters. The van der Waals surface area contributed by atoms with Crippen molar-refractivity contribution < 1.29 is 0 Å². The Kier molecular flexibility index (Phi) is 2.90. The number of nitrogens with zero attached hydrogens (tertiary/aromatic N) is 1. The fraction of sp³-hybridized carbons (Fsp3) is 0.333. The molecule has 0 aliphatic carbocycles. The predicted octanol–water partition coefficient (Wildman–Crippen LogP) is 2.78. The number of hydrogen-bond donors (Lipinski definition) is 0. The van der Waals surface area contributed by atoms with Crippen molar-refractivity contribution in [2.24, 2.45) is 0 Å². The molecule has 0 aliphatic heterocycles. The number of rotatable bonds is 2. The Hall–Kier alpha value is -0.550. The van der Waals surface area contributed by atoms with Crippen molar-refractivity contribution in [3.63, 3.8) is 0 Å². The molecular weight excluding hydrogens is 153 g/mol. The SMILES string of the molecule is CN(c1ccccc1)P(C)C. The highest BCUT2D eigenvalue weighted by Crippen LogP contribution is 2.33. The molecule has 0 saturated carbocycles. The third-order valence-electron chi connectivity index (χ3n) is 1.73. The highest BCUT2D eigenvalue weighted by Gasteiger charge is 2.01. The molecule has 0 bridgehead atoms. The predicted molar refractivity (Wildman–Crippen MR) is 53.6 cm³/mol. The standard InChI is InChI=1S/C9H14NP/c1-10(11(2)3)9-7-5-4-6-8-9/h4-8H,1-3H3. The van der Waals surface area contributed by atoms with Crippen LogP contribution in [0, 0.1) is 0 Å². The van der Waals surface area contributed by atoms with Crippen LogP contribution < -0.4 is 4.67 Å². The van der Waals surface area contributed by atoms with Crippen molar-refractivity contribution in [2.45, 2.75) is 0 Å². The van der Waals surface area contributed by atoms with Crippen molar-refractivity contribution in [1.29, 1.82) is 0 Å². The van der Waals surface area contributed by atoms with Crippen LogP contribution in [0.3, 0.4) is 0 Å². The fourth-order valence-electron chi connectivity index (χ4n) is 0.875. The van der Waals surface area contributed by atoms with Crippen LogP contribution in [0.5, 0.6) is 0 Å². The van der Waals surface area contributed by atoms with Crippen LogP contribution >= 0.6 is 8.07 Å². The van der Waals surface area contributed by atoms with Gasteiger partial charge in [0.15, 0.2) is 0 Å². The third-order valence-corrected chi connectivity index (χ3v) is 3.16. The molecule has 1 nitrogen and oxygen atoms in total. The van der Waals surface area contributed by atoms with Crippen LogP contribution in [0.2, 0.25) is 0 Å². The van der Waals surface area contributed by atoms with Gasteiger partial charge in [0, 0.05) is 12.7 Å². The van der Waals surface area contributed by atoms with E-state index in [0.717, 1.165) is 0 Å². The second-order valence-electron chi connectivity index (χ2n) is 2.71. The van der Waals surface area contributed by atoms with Crippen molar-refractivity contribution >= 4 is 13.8 Å². The molecule has 0 aliphatic rings. The largest absolute Gasteiger partial charge is 0.354 e. The van der Waals surface area contributed by atoms with Crippen molar-refractivity contribution in [2.75, 3.05) is 25.0 Å². The maximum Gasteiger partial charge on any atom is 0.0396 e. The zero-order valence-electron chi connectivity index (χ0n) is 7.28. The Balaban J connectivity index is 2.77. The summed E-state index contributed by atoms with van der Waals surface area (Å²) in [6.07, 6.45) is 0. The minimum absolute atomic E-state index is 0.00463. The number of benzene rings is 1. The van der Waals surface area contributed by atoms with Crippen molar-refractivity contribution in [1.82, 2.24) is 0 Å². The second-order valence-corrected chi connectivity index (χ2v) is 5.00. The first-order valence-electron chi connectivity index (χ1n) is 3.68. The molecule has 0 radical (unpaired) electrons. The van der Waals surface area contributed by atoms with Gasteiger partial charge in [-0.1, -0.05) is 18.2 Å². The lowest BCUT2D eigenvalue weighted by Crippen LogP contribution is -2.07. The molecule has 0 unspecified atom stereocenters. The molecule has 0 saturated heterocycles. The Bertz CT molecular complexity index is 208. The smallest absolute Gasteiger partial charge is 0.0396 e. The maximum absolute atomic E-state index is 2.31.